The topological polar surface area (TPSA) is 57.0 Å². The Bertz CT molecular complexity index is 681. The predicted molar refractivity (Wildman–Crippen MR) is 70.2 cm³/mol. The van der Waals surface area contributed by atoms with Gasteiger partial charge in [0.05, 0.1) is 17.8 Å². The number of benzene rings is 1. The van der Waals surface area contributed by atoms with E-state index in [9.17, 15) is 0 Å². The first-order chi connectivity index (χ1) is 8.78. The second-order valence-corrected chi connectivity index (χ2v) is 4.44. The molecule has 2 aromatic heterocycles. The van der Waals surface area contributed by atoms with Gasteiger partial charge in [-0.05, 0) is 23.9 Å². The Morgan fingerprint density at radius 1 is 1.33 bits per heavy atom. The number of nitrogens with two attached hydrogens (primary N) is 1. The predicted octanol–water partition coefficient (Wildman–Crippen LogP) is 2.44. The minimum absolute atomic E-state index is 0.538. The molecule has 0 aliphatic carbocycles. The van der Waals surface area contributed by atoms with Crippen LogP contribution in [0.25, 0.3) is 10.9 Å². The molecule has 1 aromatic carbocycles. The molecular weight excluding hydrogens is 226 g/mol. The average molecular weight is 241 g/mol. The molecule has 0 radical (unpaired) electrons. The molecule has 3 aromatic rings. The number of hydrogen-bond donors (Lipinski definition) is 1. The molecule has 4 heteroatoms. The molecule has 18 heavy (non-hydrogen) atoms. The Balaban J connectivity index is 2.06. The van der Waals surface area contributed by atoms with E-state index in [1.165, 1.54) is 10.9 Å². The van der Waals surface area contributed by atoms with Crippen LogP contribution in [0.2, 0.25) is 0 Å². The van der Waals surface area contributed by atoms with Crippen molar-refractivity contribution in [1.29, 1.82) is 0 Å². The maximum atomic E-state index is 5.79. The Labute approximate surface area is 105 Å². The molecule has 0 atom stereocenters. The van der Waals surface area contributed by atoms with Gasteiger partial charge in [-0.1, -0.05) is 23.4 Å². The van der Waals surface area contributed by atoms with Crippen LogP contribution in [-0.2, 0) is 13.1 Å². The van der Waals surface area contributed by atoms with Gasteiger partial charge in [0.25, 0.3) is 0 Å². The molecule has 92 valence electrons. The maximum absolute atomic E-state index is 5.79. The van der Waals surface area contributed by atoms with Gasteiger partial charge in [0.2, 0.25) is 0 Å². The molecule has 3 rings (SSSR count). The fourth-order valence-electron chi connectivity index (χ4n) is 2.30. The minimum Gasteiger partial charge on any atom is -0.359 e. The van der Waals surface area contributed by atoms with Crippen LogP contribution in [-0.4, -0.2) is 9.72 Å². The van der Waals surface area contributed by atoms with Crippen molar-refractivity contribution in [3.8, 4) is 0 Å². The summed E-state index contributed by atoms with van der Waals surface area (Å²) >= 11 is 0. The van der Waals surface area contributed by atoms with Crippen LogP contribution in [0, 0.1) is 6.92 Å². The monoisotopic (exact) mass is 241 g/mol. The summed E-state index contributed by atoms with van der Waals surface area (Å²) in [4.78, 5) is 0. The van der Waals surface area contributed by atoms with Gasteiger partial charge < -0.3 is 14.8 Å². The van der Waals surface area contributed by atoms with Gasteiger partial charge in [0.15, 0.2) is 5.76 Å². The summed E-state index contributed by atoms with van der Waals surface area (Å²) < 4.78 is 7.41. The van der Waals surface area contributed by atoms with Crippen molar-refractivity contribution in [2.45, 2.75) is 20.0 Å². The van der Waals surface area contributed by atoms with E-state index in [-0.39, 0.29) is 0 Å². The van der Waals surface area contributed by atoms with Crippen molar-refractivity contribution in [2.75, 3.05) is 0 Å². The van der Waals surface area contributed by atoms with Gasteiger partial charge in [-0.25, -0.2) is 0 Å². The zero-order chi connectivity index (χ0) is 12.5. The van der Waals surface area contributed by atoms with Crippen molar-refractivity contribution < 1.29 is 4.52 Å². The van der Waals surface area contributed by atoms with Crippen LogP contribution >= 0.6 is 0 Å². The van der Waals surface area contributed by atoms with E-state index in [1.807, 2.05) is 19.1 Å². The fourth-order valence-corrected chi connectivity index (χ4v) is 2.30. The number of para-hydroxylation sites is 1. The van der Waals surface area contributed by atoms with E-state index in [2.05, 4.69) is 34.1 Å². The van der Waals surface area contributed by atoms with Crippen LogP contribution in [0.15, 0.2) is 41.1 Å². The first-order valence-electron chi connectivity index (χ1n) is 5.97. The van der Waals surface area contributed by atoms with Gasteiger partial charge in [-0.2, -0.15) is 0 Å². The van der Waals surface area contributed by atoms with Crippen LogP contribution in [0.5, 0.6) is 0 Å². The van der Waals surface area contributed by atoms with Gasteiger partial charge in [0, 0.05) is 18.8 Å². The highest BCUT2D eigenvalue weighted by Crippen LogP contribution is 2.21. The summed E-state index contributed by atoms with van der Waals surface area (Å²) in [5.74, 6) is 0.858. The smallest absolute Gasteiger partial charge is 0.156 e. The van der Waals surface area contributed by atoms with Crippen LogP contribution in [0.4, 0.5) is 0 Å². The third-order valence-corrected chi connectivity index (χ3v) is 3.09. The summed E-state index contributed by atoms with van der Waals surface area (Å²) in [7, 11) is 0. The lowest BCUT2D eigenvalue weighted by Gasteiger charge is -2.06. The SMILES string of the molecule is Cc1cc(Cn2ccc3cccc(CN)c32)on1. The number of aromatic nitrogens is 2. The molecule has 0 bridgehead atoms. The normalized spacial score (nSPS) is 11.2. The summed E-state index contributed by atoms with van der Waals surface area (Å²) in [5.41, 5.74) is 9.02. The van der Waals surface area contributed by atoms with E-state index < -0.39 is 0 Å². The summed E-state index contributed by atoms with van der Waals surface area (Å²) in [6.07, 6.45) is 2.06. The number of rotatable bonds is 3. The van der Waals surface area contributed by atoms with E-state index in [0.717, 1.165) is 17.0 Å². The minimum atomic E-state index is 0.538. The van der Waals surface area contributed by atoms with Gasteiger partial charge in [0.1, 0.15) is 0 Å². The molecule has 2 N–H and O–H groups in total. The van der Waals surface area contributed by atoms with Gasteiger partial charge >= 0.3 is 0 Å². The third kappa shape index (κ3) is 1.80. The van der Waals surface area contributed by atoms with Crippen LogP contribution < -0.4 is 5.73 Å². The Kier molecular flexibility index (Phi) is 2.64. The molecule has 0 spiro atoms. The largest absolute Gasteiger partial charge is 0.359 e. The lowest BCUT2D eigenvalue weighted by Crippen LogP contribution is -2.02. The highest BCUT2D eigenvalue weighted by Gasteiger charge is 2.08. The second-order valence-electron chi connectivity index (χ2n) is 4.44. The Morgan fingerprint density at radius 2 is 2.22 bits per heavy atom. The highest BCUT2D eigenvalue weighted by molar-refractivity contribution is 5.83. The maximum Gasteiger partial charge on any atom is 0.156 e. The summed E-state index contributed by atoms with van der Waals surface area (Å²) in [6, 6.07) is 10.2. The van der Waals surface area contributed by atoms with Crippen LogP contribution in [0.3, 0.4) is 0 Å². The first kappa shape index (κ1) is 11.0. The molecule has 0 amide bonds. The molecule has 0 aliphatic heterocycles. The second kappa shape index (κ2) is 4.31. The summed E-state index contributed by atoms with van der Waals surface area (Å²) in [5, 5.41) is 5.11. The highest BCUT2D eigenvalue weighted by atomic mass is 16.5. The number of fused-ring (bicyclic) bond motifs is 1. The zero-order valence-electron chi connectivity index (χ0n) is 10.3. The molecule has 0 aliphatic rings. The zero-order valence-corrected chi connectivity index (χ0v) is 10.3. The van der Waals surface area contributed by atoms with Crippen molar-refractivity contribution in [3.05, 3.63) is 53.5 Å². The van der Waals surface area contributed by atoms with Crippen molar-refractivity contribution in [2.24, 2.45) is 5.73 Å². The van der Waals surface area contributed by atoms with E-state index in [1.54, 1.807) is 0 Å². The molecular formula is C14H15N3O. The summed E-state index contributed by atoms with van der Waals surface area (Å²) in [6.45, 7) is 3.14. The third-order valence-electron chi connectivity index (χ3n) is 3.09. The lowest BCUT2D eigenvalue weighted by atomic mass is 10.1. The quantitative estimate of drug-likeness (QED) is 0.766. The molecule has 0 fully saturated rings. The Hall–Kier alpha value is -2.07. The first-order valence-corrected chi connectivity index (χ1v) is 5.97. The van der Waals surface area contributed by atoms with Gasteiger partial charge in [-0.15, -0.1) is 0 Å². The molecule has 4 nitrogen and oxygen atoms in total. The molecule has 0 saturated carbocycles. The number of hydrogen-bond acceptors (Lipinski definition) is 3. The van der Waals surface area contributed by atoms with Gasteiger partial charge in [-0.3, -0.25) is 0 Å². The number of nitrogens with zero attached hydrogens (tertiary/aromatic N) is 2. The van der Waals surface area contributed by atoms with Crippen LogP contribution in [0.1, 0.15) is 17.0 Å². The van der Waals surface area contributed by atoms with E-state index in [4.69, 9.17) is 10.3 Å². The van der Waals surface area contributed by atoms with E-state index >= 15 is 0 Å². The van der Waals surface area contributed by atoms with Crippen molar-refractivity contribution in [1.82, 2.24) is 9.72 Å². The number of aryl methyl sites for hydroxylation is 1. The molecule has 2 heterocycles. The Morgan fingerprint density at radius 3 is 2.94 bits per heavy atom. The fraction of sp³-hybridized carbons (Fsp3) is 0.214. The molecule has 0 saturated heterocycles. The standard InChI is InChI=1S/C14H15N3O/c1-10-7-13(18-16-10)9-17-6-5-11-3-2-4-12(8-15)14(11)17/h2-7H,8-9,15H2,1H3. The van der Waals surface area contributed by atoms with Crippen molar-refractivity contribution in [3.63, 3.8) is 0 Å². The lowest BCUT2D eigenvalue weighted by molar-refractivity contribution is 0.374. The average Bonchev–Trinajstić information content (AvgIpc) is 2.97. The van der Waals surface area contributed by atoms with Crippen molar-refractivity contribution >= 4 is 10.9 Å². The molecule has 0 unspecified atom stereocenters. The van der Waals surface area contributed by atoms with E-state index in [0.29, 0.717) is 13.1 Å².